The number of rotatable bonds is 8. The molecule has 7 nitrogen and oxygen atoms in total. The highest BCUT2D eigenvalue weighted by Crippen LogP contribution is 2.53. The fraction of sp³-hybridized carbons (Fsp3) is 0.452. The number of hydrogen-bond donors (Lipinski definition) is 0. The summed E-state index contributed by atoms with van der Waals surface area (Å²) in [6.45, 7) is 11.0. The third-order valence-electron chi connectivity index (χ3n) is 7.45. The Balaban J connectivity index is 1.51. The van der Waals surface area contributed by atoms with Crippen molar-refractivity contribution in [3.05, 3.63) is 80.3 Å². The first-order valence-corrected chi connectivity index (χ1v) is 15.7. The van der Waals surface area contributed by atoms with Gasteiger partial charge in [0.25, 0.3) is 5.91 Å². The third kappa shape index (κ3) is 6.46. The summed E-state index contributed by atoms with van der Waals surface area (Å²) in [7, 11) is 0. The number of amidine groups is 1. The molecule has 1 saturated heterocycles. The second-order valence-electron chi connectivity index (χ2n) is 11.3. The molecule has 41 heavy (non-hydrogen) atoms. The molecule has 0 spiro atoms. The molecule has 3 heterocycles. The Labute approximate surface area is 256 Å². The van der Waals surface area contributed by atoms with Crippen LogP contribution in [0.3, 0.4) is 0 Å². The van der Waals surface area contributed by atoms with Crippen LogP contribution in [0.15, 0.2) is 64.1 Å². The quantitative estimate of drug-likeness (QED) is 0.344. The number of benzene rings is 2. The summed E-state index contributed by atoms with van der Waals surface area (Å²) in [5, 5.41) is 2.13. The third-order valence-corrected chi connectivity index (χ3v) is 9.02. The zero-order valence-corrected chi connectivity index (χ0v) is 26.2. The number of thioether (sulfide) groups is 1. The number of aliphatic imine (C=N–C) groups is 1. The van der Waals surface area contributed by atoms with Gasteiger partial charge in [-0.1, -0.05) is 75.2 Å². The first-order valence-electron chi connectivity index (χ1n) is 14.1. The van der Waals surface area contributed by atoms with Crippen molar-refractivity contribution in [2.24, 2.45) is 16.8 Å². The number of halogens is 2. The maximum Gasteiger partial charge on any atom is 0.263 e. The number of morpholine rings is 1. The Morgan fingerprint density at radius 3 is 2.12 bits per heavy atom. The smallest absolute Gasteiger partial charge is 0.263 e. The summed E-state index contributed by atoms with van der Waals surface area (Å²) in [6.07, 6.45) is 0. The minimum atomic E-state index is -0.184. The number of carbonyl (C=O) groups excluding carboxylic acids is 2. The highest BCUT2D eigenvalue weighted by atomic mass is 35.5. The predicted octanol–water partition coefficient (Wildman–Crippen LogP) is 6.41. The summed E-state index contributed by atoms with van der Waals surface area (Å²) >= 11 is 13.9. The molecular weight excluding hydrogens is 579 g/mol. The van der Waals surface area contributed by atoms with E-state index in [1.807, 2.05) is 48.5 Å². The van der Waals surface area contributed by atoms with Crippen LogP contribution in [-0.4, -0.2) is 71.1 Å². The lowest BCUT2D eigenvalue weighted by Crippen LogP contribution is -2.48. The molecule has 218 valence electrons. The van der Waals surface area contributed by atoms with Gasteiger partial charge in [0.2, 0.25) is 5.91 Å². The molecule has 0 unspecified atom stereocenters. The molecular formula is C31H36Cl2N4O3S. The van der Waals surface area contributed by atoms with Crippen molar-refractivity contribution in [2.75, 3.05) is 39.4 Å². The van der Waals surface area contributed by atoms with Crippen molar-refractivity contribution >= 4 is 51.9 Å². The minimum absolute atomic E-state index is 0.0447. The first kappa shape index (κ1) is 30.0. The van der Waals surface area contributed by atoms with Crippen LogP contribution in [-0.2, 0) is 14.3 Å². The molecule has 0 radical (unpaired) electrons. The topological polar surface area (TPSA) is 65.5 Å². The molecule has 0 N–H and O–H groups in total. The number of allylic oxidation sites excluding steroid dienone is 1. The van der Waals surface area contributed by atoms with Crippen LogP contribution >= 0.6 is 35.0 Å². The number of ether oxygens (including phenoxy) is 1. The van der Waals surface area contributed by atoms with Gasteiger partial charge in [-0.15, -0.1) is 0 Å². The first-order chi connectivity index (χ1) is 19.6. The Morgan fingerprint density at radius 2 is 1.56 bits per heavy atom. The number of hydrogen-bond acceptors (Lipinski definition) is 6. The van der Waals surface area contributed by atoms with Crippen molar-refractivity contribution in [2.45, 2.75) is 39.8 Å². The van der Waals surface area contributed by atoms with Gasteiger partial charge in [0.15, 0.2) is 5.17 Å². The molecule has 10 heteroatoms. The van der Waals surface area contributed by atoms with Crippen LogP contribution < -0.4 is 0 Å². The Bertz CT molecular complexity index is 1340. The van der Waals surface area contributed by atoms with E-state index in [0.29, 0.717) is 47.8 Å². The minimum Gasteiger partial charge on any atom is -0.378 e. The van der Waals surface area contributed by atoms with E-state index in [9.17, 15) is 9.59 Å². The van der Waals surface area contributed by atoms with Gasteiger partial charge in [-0.2, -0.15) is 0 Å². The van der Waals surface area contributed by atoms with Crippen LogP contribution in [0, 0.1) is 11.8 Å². The van der Waals surface area contributed by atoms with E-state index in [1.165, 1.54) is 11.8 Å². The number of nitrogens with zero attached hydrogens (tertiary/aromatic N) is 4. The number of carbonyl (C=O) groups is 2. The summed E-state index contributed by atoms with van der Waals surface area (Å²) in [6, 6.07) is 15.3. The van der Waals surface area contributed by atoms with Crippen molar-refractivity contribution < 1.29 is 14.3 Å². The molecule has 3 aliphatic rings. The predicted molar refractivity (Wildman–Crippen MR) is 166 cm³/mol. The second-order valence-corrected chi connectivity index (χ2v) is 13.2. The average Bonchev–Trinajstić information content (AvgIpc) is 3.50. The van der Waals surface area contributed by atoms with Crippen LogP contribution in [0.1, 0.15) is 50.9 Å². The standard InChI is InChI=1S/C31H36Cl2N4O3S/c1-19(2)17-36(18-25(38)35-13-15-40-16-14-35)30(39)29-27(20(3)4)37-28(22-7-11-24(33)12-8-22)26(34-31(37)41-29)21-5-9-23(32)10-6-21/h5-12,19-20,26,28H,13-18H2,1-4H3/t26-,28+/m0/s1. The lowest BCUT2D eigenvalue weighted by atomic mass is 9.92. The molecule has 3 aliphatic heterocycles. The van der Waals surface area contributed by atoms with Crippen LogP contribution in [0.25, 0.3) is 0 Å². The highest BCUT2D eigenvalue weighted by Gasteiger charge is 2.47. The Morgan fingerprint density at radius 1 is 0.976 bits per heavy atom. The summed E-state index contributed by atoms with van der Waals surface area (Å²) in [4.78, 5) is 39.0. The highest BCUT2D eigenvalue weighted by molar-refractivity contribution is 8.18. The molecule has 0 aliphatic carbocycles. The van der Waals surface area contributed by atoms with Crippen LogP contribution in [0.2, 0.25) is 10.0 Å². The monoisotopic (exact) mass is 614 g/mol. The van der Waals surface area contributed by atoms with E-state index in [2.05, 4.69) is 32.6 Å². The average molecular weight is 616 g/mol. The van der Waals surface area contributed by atoms with Crippen molar-refractivity contribution in [1.82, 2.24) is 14.7 Å². The summed E-state index contributed by atoms with van der Waals surface area (Å²) < 4.78 is 5.41. The fourth-order valence-electron chi connectivity index (χ4n) is 5.57. The molecule has 2 amide bonds. The molecule has 2 aromatic rings. The maximum absolute atomic E-state index is 14.3. The zero-order chi connectivity index (χ0) is 29.3. The van der Waals surface area contributed by atoms with E-state index < -0.39 is 0 Å². The van der Waals surface area contributed by atoms with E-state index >= 15 is 0 Å². The second kappa shape index (κ2) is 12.8. The fourth-order valence-corrected chi connectivity index (χ4v) is 7.14. The van der Waals surface area contributed by atoms with E-state index in [4.69, 9.17) is 32.9 Å². The van der Waals surface area contributed by atoms with Gasteiger partial charge < -0.3 is 19.4 Å². The van der Waals surface area contributed by atoms with Gasteiger partial charge in [-0.25, -0.2) is 0 Å². The molecule has 0 aromatic heterocycles. The van der Waals surface area contributed by atoms with E-state index in [0.717, 1.165) is 22.0 Å². The lowest BCUT2D eigenvalue weighted by Gasteiger charge is -2.33. The Kier molecular flexibility index (Phi) is 9.33. The normalized spacial score (nSPS) is 20.6. The van der Waals surface area contributed by atoms with Crippen LogP contribution in [0.5, 0.6) is 0 Å². The summed E-state index contributed by atoms with van der Waals surface area (Å²) in [5.41, 5.74) is 3.04. The van der Waals surface area contributed by atoms with Crippen molar-refractivity contribution in [3.63, 3.8) is 0 Å². The van der Waals surface area contributed by atoms with Crippen LogP contribution in [0.4, 0.5) is 0 Å². The van der Waals surface area contributed by atoms with Gasteiger partial charge in [-0.3, -0.25) is 14.6 Å². The summed E-state index contributed by atoms with van der Waals surface area (Å²) in [5.74, 6) is 0.0867. The Hall–Kier alpha value is -2.52. The van der Waals surface area contributed by atoms with Crippen molar-refractivity contribution in [1.29, 1.82) is 0 Å². The molecule has 1 fully saturated rings. The van der Waals surface area contributed by atoms with Gasteiger partial charge in [0, 0.05) is 35.4 Å². The van der Waals surface area contributed by atoms with E-state index in [1.54, 1.807) is 9.80 Å². The van der Waals surface area contributed by atoms with E-state index in [-0.39, 0.29) is 42.3 Å². The lowest BCUT2D eigenvalue weighted by molar-refractivity contribution is -0.141. The molecule has 0 saturated carbocycles. The number of amides is 2. The SMILES string of the molecule is CC(C)CN(CC(=O)N1CCOCC1)C(=O)C1=C(C(C)C)N2C(=N[C@@H](c3ccc(Cl)cc3)[C@H]2c2ccc(Cl)cc2)S1. The van der Waals surface area contributed by atoms with Gasteiger partial charge in [0.05, 0.1) is 19.3 Å². The molecule has 5 rings (SSSR count). The maximum atomic E-state index is 14.3. The van der Waals surface area contributed by atoms with Crippen molar-refractivity contribution in [3.8, 4) is 0 Å². The largest absolute Gasteiger partial charge is 0.378 e. The van der Waals surface area contributed by atoms with Gasteiger partial charge in [0.1, 0.15) is 17.5 Å². The molecule has 0 bridgehead atoms. The van der Waals surface area contributed by atoms with Gasteiger partial charge >= 0.3 is 0 Å². The molecule has 2 atom stereocenters. The van der Waals surface area contributed by atoms with Gasteiger partial charge in [-0.05, 0) is 59.0 Å². The zero-order valence-electron chi connectivity index (χ0n) is 23.8. The number of fused-ring (bicyclic) bond motifs is 1. The molecule has 2 aromatic carbocycles.